The van der Waals surface area contributed by atoms with Crippen molar-refractivity contribution in [3.05, 3.63) is 59.2 Å². The van der Waals surface area contributed by atoms with Crippen molar-refractivity contribution in [1.29, 1.82) is 0 Å². The van der Waals surface area contributed by atoms with Crippen LogP contribution in [0.5, 0.6) is 0 Å². The molecule has 4 rings (SSSR count). The van der Waals surface area contributed by atoms with Gasteiger partial charge in [0.05, 0.1) is 11.1 Å². The molecule has 1 unspecified atom stereocenters. The number of para-hydroxylation sites is 1. The Bertz CT molecular complexity index is 844. The van der Waals surface area contributed by atoms with Crippen LogP contribution in [0.25, 0.3) is 0 Å². The molecule has 3 amide bonds. The van der Waals surface area contributed by atoms with Crippen molar-refractivity contribution in [1.82, 2.24) is 5.32 Å². The largest absolute Gasteiger partial charge is 0.370 e. The Labute approximate surface area is 125 Å². The summed E-state index contributed by atoms with van der Waals surface area (Å²) in [6.45, 7) is 0. The monoisotopic (exact) mass is 293 g/mol. The van der Waals surface area contributed by atoms with Gasteiger partial charge in [0, 0.05) is 16.9 Å². The van der Waals surface area contributed by atoms with Crippen LogP contribution in [-0.4, -0.2) is 17.7 Å². The number of amides is 3. The zero-order chi connectivity index (χ0) is 15.3. The van der Waals surface area contributed by atoms with Gasteiger partial charge < -0.3 is 10.6 Å². The van der Waals surface area contributed by atoms with E-state index in [-0.39, 0.29) is 5.91 Å². The second-order valence-corrected chi connectivity index (χ2v) is 5.20. The van der Waals surface area contributed by atoms with Gasteiger partial charge in [-0.2, -0.15) is 0 Å². The van der Waals surface area contributed by atoms with Gasteiger partial charge >= 0.3 is 0 Å². The van der Waals surface area contributed by atoms with E-state index >= 15 is 0 Å². The molecule has 6 heteroatoms. The van der Waals surface area contributed by atoms with Crippen molar-refractivity contribution in [2.75, 3.05) is 10.6 Å². The van der Waals surface area contributed by atoms with Gasteiger partial charge in [0.2, 0.25) is 0 Å². The number of benzene rings is 2. The first-order chi connectivity index (χ1) is 10.6. The Kier molecular flexibility index (Phi) is 2.53. The molecule has 0 saturated carbocycles. The third kappa shape index (κ3) is 1.77. The molecule has 108 valence electrons. The molecule has 3 N–H and O–H groups in total. The van der Waals surface area contributed by atoms with E-state index in [1.165, 1.54) is 0 Å². The highest BCUT2D eigenvalue weighted by Gasteiger charge is 2.31. The number of hydrogen-bond donors (Lipinski definition) is 3. The second kappa shape index (κ2) is 4.42. The molecule has 0 aromatic heterocycles. The number of imide groups is 1. The standard InChI is InChI=1S/C16H11N3O3/c20-14-9-6-5-8(7-11(9)15(21)19-14)17-13-10-3-1-2-4-12(10)18-16(13)22/h1-7,13,17H,(H,18,22)(H,19,20,21). The summed E-state index contributed by atoms with van der Waals surface area (Å²) in [7, 11) is 0. The minimum Gasteiger partial charge on any atom is -0.370 e. The summed E-state index contributed by atoms with van der Waals surface area (Å²) in [4.78, 5) is 35.3. The van der Waals surface area contributed by atoms with Crippen molar-refractivity contribution < 1.29 is 14.4 Å². The summed E-state index contributed by atoms with van der Waals surface area (Å²) < 4.78 is 0. The van der Waals surface area contributed by atoms with Gasteiger partial charge in [0.1, 0.15) is 6.04 Å². The fraction of sp³-hybridized carbons (Fsp3) is 0.0625. The van der Waals surface area contributed by atoms with Crippen molar-refractivity contribution >= 4 is 29.1 Å². The third-order valence-electron chi connectivity index (χ3n) is 3.84. The van der Waals surface area contributed by atoms with Crippen LogP contribution >= 0.6 is 0 Å². The van der Waals surface area contributed by atoms with E-state index in [4.69, 9.17) is 0 Å². The lowest BCUT2D eigenvalue weighted by molar-refractivity contribution is -0.116. The van der Waals surface area contributed by atoms with Gasteiger partial charge in [0.15, 0.2) is 0 Å². The molecule has 2 heterocycles. The summed E-state index contributed by atoms with van der Waals surface area (Å²) >= 11 is 0. The van der Waals surface area contributed by atoms with E-state index in [0.29, 0.717) is 16.8 Å². The Morgan fingerprint density at radius 2 is 1.64 bits per heavy atom. The maximum Gasteiger partial charge on any atom is 0.259 e. The molecule has 2 aromatic rings. The SMILES string of the molecule is O=C1NC(=O)c2cc(NC3C(=O)Nc4ccccc43)ccc21. The number of nitrogens with one attached hydrogen (secondary N) is 3. The summed E-state index contributed by atoms with van der Waals surface area (Å²) in [6.07, 6.45) is 0. The Hall–Kier alpha value is -3.15. The molecule has 2 aliphatic rings. The van der Waals surface area contributed by atoms with Crippen molar-refractivity contribution in [2.45, 2.75) is 6.04 Å². The lowest BCUT2D eigenvalue weighted by Gasteiger charge is -2.13. The smallest absolute Gasteiger partial charge is 0.259 e. The Balaban J connectivity index is 1.68. The van der Waals surface area contributed by atoms with Gasteiger partial charge in [-0.15, -0.1) is 0 Å². The first-order valence-corrected chi connectivity index (χ1v) is 6.79. The fourth-order valence-electron chi connectivity index (χ4n) is 2.78. The number of rotatable bonds is 2. The number of fused-ring (bicyclic) bond motifs is 2. The quantitative estimate of drug-likeness (QED) is 0.735. The molecule has 2 aliphatic heterocycles. The average molecular weight is 293 g/mol. The molecule has 0 bridgehead atoms. The molecular weight excluding hydrogens is 282 g/mol. The molecule has 0 spiro atoms. The van der Waals surface area contributed by atoms with Gasteiger partial charge in [-0.05, 0) is 24.3 Å². The van der Waals surface area contributed by atoms with E-state index in [2.05, 4.69) is 16.0 Å². The Morgan fingerprint density at radius 3 is 2.50 bits per heavy atom. The van der Waals surface area contributed by atoms with E-state index in [0.717, 1.165) is 11.3 Å². The van der Waals surface area contributed by atoms with Crippen LogP contribution in [0.4, 0.5) is 11.4 Å². The molecular formula is C16H11N3O3. The van der Waals surface area contributed by atoms with Crippen LogP contribution < -0.4 is 16.0 Å². The fourth-order valence-corrected chi connectivity index (χ4v) is 2.78. The molecule has 0 radical (unpaired) electrons. The van der Waals surface area contributed by atoms with Crippen LogP contribution in [0.3, 0.4) is 0 Å². The summed E-state index contributed by atoms with van der Waals surface area (Å²) in [5.41, 5.74) is 2.92. The van der Waals surface area contributed by atoms with E-state index in [1.807, 2.05) is 24.3 Å². The molecule has 0 saturated heterocycles. The van der Waals surface area contributed by atoms with Crippen LogP contribution in [0.1, 0.15) is 32.3 Å². The van der Waals surface area contributed by atoms with Crippen LogP contribution in [0.15, 0.2) is 42.5 Å². The zero-order valence-electron chi connectivity index (χ0n) is 11.3. The van der Waals surface area contributed by atoms with Gasteiger partial charge in [-0.3, -0.25) is 19.7 Å². The minimum absolute atomic E-state index is 0.151. The number of carbonyl (C=O) groups is 3. The summed E-state index contributed by atoms with van der Waals surface area (Å²) in [6, 6.07) is 11.8. The first kappa shape index (κ1) is 12.6. The molecule has 1 atom stereocenters. The number of anilines is 2. The number of carbonyl (C=O) groups excluding carboxylic acids is 3. The lowest BCUT2D eigenvalue weighted by atomic mass is 10.1. The summed E-state index contributed by atoms with van der Waals surface area (Å²) in [5.74, 6) is -0.961. The van der Waals surface area contributed by atoms with Crippen molar-refractivity contribution in [2.24, 2.45) is 0 Å². The van der Waals surface area contributed by atoms with E-state index < -0.39 is 17.9 Å². The molecule has 0 fully saturated rings. The Morgan fingerprint density at radius 1 is 0.864 bits per heavy atom. The van der Waals surface area contributed by atoms with Crippen molar-refractivity contribution in [3.8, 4) is 0 Å². The predicted octanol–water partition coefficient (Wildman–Crippen LogP) is 1.68. The average Bonchev–Trinajstić information content (AvgIpc) is 2.97. The van der Waals surface area contributed by atoms with Crippen molar-refractivity contribution in [3.63, 3.8) is 0 Å². The second-order valence-electron chi connectivity index (χ2n) is 5.20. The number of hydrogen-bond acceptors (Lipinski definition) is 4. The maximum absolute atomic E-state index is 12.1. The van der Waals surface area contributed by atoms with Gasteiger partial charge in [-0.25, -0.2) is 0 Å². The highest BCUT2D eigenvalue weighted by Crippen LogP contribution is 2.33. The summed E-state index contributed by atoms with van der Waals surface area (Å²) in [5, 5.41) is 8.15. The molecule has 0 aliphatic carbocycles. The van der Waals surface area contributed by atoms with Gasteiger partial charge in [-0.1, -0.05) is 18.2 Å². The normalized spacial score (nSPS) is 18.5. The lowest BCUT2D eigenvalue weighted by Crippen LogP contribution is -2.20. The highest BCUT2D eigenvalue weighted by atomic mass is 16.2. The van der Waals surface area contributed by atoms with E-state index in [9.17, 15) is 14.4 Å². The molecule has 22 heavy (non-hydrogen) atoms. The van der Waals surface area contributed by atoms with Crippen LogP contribution in [0.2, 0.25) is 0 Å². The van der Waals surface area contributed by atoms with Crippen LogP contribution in [-0.2, 0) is 4.79 Å². The first-order valence-electron chi connectivity index (χ1n) is 6.79. The van der Waals surface area contributed by atoms with Crippen LogP contribution in [0, 0.1) is 0 Å². The highest BCUT2D eigenvalue weighted by molar-refractivity contribution is 6.21. The molecule has 6 nitrogen and oxygen atoms in total. The third-order valence-corrected chi connectivity index (χ3v) is 3.84. The topological polar surface area (TPSA) is 87.3 Å². The molecule has 2 aromatic carbocycles. The van der Waals surface area contributed by atoms with Gasteiger partial charge in [0.25, 0.3) is 17.7 Å². The maximum atomic E-state index is 12.1. The zero-order valence-corrected chi connectivity index (χ0v) is 11.3. The van der Waals surface area contributed by atoms with E-state index in [1.54, 1.807) is 18.2 Å². The minimum atomic E-state index is -0.519. The predicted molar refractivity (Wildman–Crippen MR) is 79.7 cm³/mol.